The van der Waals surface area contributed by atoms with Gasteiger partial charge in [-0.1, -0.05) is 60.7 Å². The molecule has 0 heterocycles. The van der Waals surface area contributed by atoms with Crippen LogP contribution < -0.4 is 5.32 Å². The molecule has 20 heavy (non-hydrogen) atoms. The summed E-state index contributed by atoms with van der Waals surface area (Å²) in [5.41, 5.74) is 2.58. The molecule has 0 bridgehead atoms. The fourth-order valence-electron chi connectivity index (χ4n) is 2.45. The smallest absolute Gasteiger partial charge is 0.0437 e. The molecule has 0 radical (unpaired) electrons. The van der Waals surface area contributed by atoms with Gasteiger partial charge >= 0.3 is 0 Å². The number of hydrogen-bond donors (Lipinski definition) is 2. The van der Waals surface area contributed by atoms with Gasteiger partial charge in [0.2, 0.25) is 0 Å². The standard InChI is InChI=1S/C18H23NO/c1-15(16-8-4-2-5-9-16)19-14-18(12-13-20)17-10-6-3-7-11-17/h2-11,15,18-20H,12-14H2,1H3. The Labute approximate surface area is 121 Å². The zero-order valence-electron chi connectivity index (χ0n) is 12.0. The average molecular weight is 269 g/mol. The summed E-state index contributed by atoms with van der Waals surface area (Å²) in [7, 11) is 0. The van der Waals surface area contributed by atoms with Gasteiger partial charge in [-0.2, -0.15) is 0 Å². The van der Waals surface area contributed by atoms with E-state index in [-0.39, 0.29) is 6.61 Å². The topological polar surface area (TPSA) is 32.3 Å². The third kappa shape index (κ3) is 4.19. The summed E-state index contributed by atoms with van der Waals surface area (Å²) in [6, 6.07) is 21.2. The maximum Gasteiger partial charge on any atom is 0.0437 e. The van der Waals surface area contributed by atoms with E-state index < -0.39 is 0 Å². The molecule has 0 amide bonds. The van der Waals surface area contributed by atoms with Gasteiger partial charge in [-0.05, 0) is 30.4 Å². The molecule has 2 nitrogen and oxygen atoms in total. The quantitative estimate of drug-likeness (QED) is 0.806. The third-order valence-electron chi connectivity index (χ3n) is 3.72. The lowest BCUT2D eigenvalue weighted by molar-refractivity contribution is 0.272. The molecule has 2 atom stereocenters. The number of aliphatic hydroxyl groups excluding tert-OH is 1. The fourth-order valence-corrected chi connectivity index (χ4v) is 2.45. The largest absolute Gasteiger partial charge is 0.396 e. The minimum absolute atomic E-state index is 0.223. The maximum atomic E-state index is 9.25. The molecule has 2 N–H and O–H groups in total. The van der Waals surface area contributed by atoms with E-state index in [9.17, 15) is 5.11 Å². The molecule has 2 aromatic carbocycles. The number of hydrogen-bond acceptors (Lipinski definition) is 2. The van der Waals surface area contributed by atoms with Gasteiger partial charge in [0, 0.05) is 19.2 Å². The summed E-state index contributed by atoms with van der Waals surface area (Å²) >= 11 is 0. The van der Waals surface area contributed by atoms with Crippen molar-refractivity contribution in [1.29, 1.82) is 0 Å². The fraction of sp³-hybridized carbons (Fsp3) is 0.333. The van der Waals surface area contributed by atoms with E-state index >= 15 is 0 Å². The first-order valence-electron chi connectivity index (χ1n) is 7.25. The van der Waals surface area contributed by atoms with Crippen LogP contribution >= 0.6 is 0 Å². The molecule has 2 aromatic rings. The first-order valence-corrected chi connectivity index (χ1v) is 7.25. The monoisotopic (exact) mass is 269 g/mol. The summed E-state index contributed by atoms with van der Waals surface area (Å²) < 4.78 is 0. The average Bonchev–Trinajstić information content (AvgIpc) is 2.53. The zero-order valence-corrected chi connectivity index (χ0v) is 12.0. The van der Waals surface area contributed by atoms with Crippen LogP contribution in [0.3, 0.4) is 0 Å². The number of nitrogens with one attached hydrogen (secondary N) is 1. The molecule has 2 rings (SSSR count). The molecule has 0 fully saturated rings. The summed E-state index contributed by atoms with van der Waals surface area (Å²) in [5.74, 6) is 0.354. The molecular weight excluding hydrogens is 246 g/mol. The molecule has 2 unspecified atom stereocenters. The molecule has 0 saturated heterocycles. The van der Waals surface area contributed by atoms with E-state index in [1.165, 1.54) is 11.1 Å². The van der Waals surface area contributed by atoms with Crippen LogP contribution in [-0.4, -0.2) is 18.3 Å². The van der Waals surface area contributed by atoms with Gasteiger partial charge in [-0.25, -0.2) is 0 Å². The minimum Gasteiger partial charge on any atom is -0.396 e. The molecule has 0 aromatic heterocycles. The molecule has 106 valence electrons. The molecule has 0 aliphatic carbocycles. The lowest BCUT2D eigenvalue weighted by atomic mass is 9.95. The van der Waals surface area contributed by atoms with E-state index in [2.05, 4.69) is 60.8 Å². The van der Waals surface area contributed by atoms with Crippen LogP contribution in [-0.2, 0) is 0 Å². The summed E-state index contributed by atoms with van der Waals surface area (Å²) in [5, 5.41) is 12.8. The number of benzene rings is 2. The van der Waals surface area contributed by atoms with Gasteiger partial charge in [-0.3, -0.25) is 0 Å². The van der Waals surface area contributed by atoms with Crippen LogP contribution in [0.4, 0.5) is 0 Å². The predicted octanol–water partition coefficient (Wildman–Crippen LogP) is 3.50. The molecule has 0 aliphatic rings. The van der Waals surface area contributed by atoms with E-state index in [1.807, 2.05) is 12.1 Å². The van der Waals surface area contributed by atoms with Crippen molar-refractivity contribution in [3.8, 4) is 0 Å². The first-order chi connectivity index (χ1) is 9.81. The van der Waals surface area contributed by atoms with Crippen molar-refractivity contribution in [2.45, 2.75) is 25.3 Å². The summed E-state index contributed by atoms with van der Waals surface area (Å²) in [4.78, 5) is 0. The van der Waals surface area contributed by atoms with Crippen molar-refractivity contribution in [3.63, 3.8) is 0 Å². The van der Waals surface area contributed by atoms with Crippen LogP contribution in [0.25, 0.3) is 0 Å². The highest BCUT2D eigenvalue weighted by Gasteiger charge is 2.12. The van der Waals surface area contributed by atoms with Gasteiger partial charge in [0.05, 0.1) is 0 Å². The van der Waals surface area contributed by atoms with Crippen molar-refractivity contribution < 1.29 is 5.11 Å². The molecule has 0 spiro atoms. The van der Waals surface area contributed by atoms with Gasteiger partial charge in [0.25, 0.3) is 0 Å². The van der Waals surface area contributed by atoms with Crippen LogP contribution in [0, 0.1) is 0 Å². The van der Waals surface area contributed by atoms with Crippen molar-refractivity contribution in [3.05, 3.63) is 71.8 Å². The maximum absolute atomic E-state index is 9.25. The van der Waals surface area contributed by atoms with Crippen molar-refractivity contribution in [1.82, 2.24) is 5.32 Å². The first kappa shape index (κ1) is 14.8. The predicted molar refractivity (Wildman–Crippen MR) is 83.7 cm³/mol. The Morgan fingerprint density at radius 3 is 2.00 bits per heavy atom. The second kappa shape index (κ2) is 7.83. The zero-order chi connectivity index (χ0) is 14.2. The highest BCUT2D eigenvalue weighted by Crippen LogP contribution is 2.20. The highest BCUT2D eigenvalue weighted by atomic mass is 16.3. The number of rotatable bonds is 7. The van der Waals surface area contributed by atoms with Crippen LogP contribution in [0.2, 0.25) is 0 Å². The van der Waals surface area contributed by atoms with Gasteiger partial charge in [0.1, 0.15) is 0 Å². The van der Waals surface area contributed by atoms with Crippen molar-refractivity contribution in [2.24, 2.45) is 0 Å². The third-order valence-corrected chi connectivity index (χ3v) is 3.72. The summed E-state index contributed by atoms with van der Waals surface area (Å²) in [6.45, 7) is 3.28. The van der Waals surface area contributed by atoms with Crippen LogP contribution in [0.1, 0.15) is 36.4 Å². The van der Waals surface area contributed by atoms with Gasteiger partial charge in [0.15, 0.2) is 0 Å². The Balaban J connectivity index is 1.96. The Bertz CT molecular complexity index is 483. The van der Waals surface area contributed by atoms with E-state index in [4.69, 9.17) is 0 Å². The van der Waals surface area contributed by atoms with Gasteiger partial charge in [-0.15, -0.1) is 0 Å². The Kier molecular flexibility index (Phi) is 5.78. The minimum atomic E-state index is 0.223. The van der Waals surface area contributed by atoms with Crippen LogP contribution in [0.15, 0.2) is 60.7 Å². The lowest BCUT2D eigenvalue weighted by Crippen LogP contribution is -2.25. The van der Waals surface area contributed by atoms with E-state index in [0.717, 1.165) is 13.0 Å². The van der Waals surface area contributed by atoms with Gasteiger partial charge < -0.3 is 10.4 Å². The van der Waals surface area contributed by atoms with Crippen LogP contribution in [0.5, 0.6) is 0 Å². The SMILES string of the molecule is CC(NCC(CCO)c1ccccc1)c1ccccc1. The molecule has 2 heteroatoms. The highest BCUT2D eigenvalue weighted by molar-refractivity contribution is 5.21. The van der Waals surface area contributed by atoms with E-state index in [0.29, 0.717) is 12.0 Å². The number of aliphatic hydroxyl groups is 1. The normalized spacial score (nSPS) is 13.9. The van der Waals surface area contributed by atoms with Crippen molar-refractivity contribution >= 4 is 0 Å². The Hall–Kier alpha value is -1.64. The lowest BCUT2D eigenvalue weighted by Gasteiger charge is -2.21. The Morgan fingerprint density at radius 1 is 0.900 bits per heavy atom. The summed E-state index contributed by atoms with van der Waals surface area (Å²) in [6.07, 6.45) is 0.790. The Morgan fingerprint density at radius 2 is 1.45 bits per heavy atom. The van der Waals surface area contributed by atoms with Crippen molar-refractivity contribution in [2.75, 3.05) is 13.2 Å². The second-order valence-corrected chi connectivity index (χ2v) is 5.16. The second-order valence-electron chi connectivity index (χ2n) is 5.16. The molecule has 0 aliphatic heterocycles. The van der Waals surface area contributed by atoms with E-state index in [1.54, 1.807) is 0 Å². The molecule has 0 saturated carbocycles. The molecular formula is C18H23NO.